The van der Waals surface area contributed by atoms with Crippen LogP contribution in [0, 0.1) is 11.8 Å². The smallest absolute Gasteiger partial charge is 0.291 e. The average Bonchev–Trinajstić information content (AvgIpc) is 3.42. The number of nitrogens with one attached hydrogen (secondary N) is 2. The number of halogens is 1. The van der Waals surface area contributed by atoms with Crippen LogP contribution in [0.15, 0.2) is 48.5 Å². The maximum atomic E-state index is 13.7. The molecule has 4 aliphatic heterocycles. The van der Waals surface area contributed by atoms with Crippen LogP contribution in [-0.2, 0) is 19.9 Å². The second-order valence-corrected chi connectivity index (χ2v) is 8.71. The molecule has 5 atom stereocenters. The van der Waals surface area contributed by atoms with Crippen molar-refractivity contribution in [3.8, 4) is 0 Å². The quantitative estimate of drug-likeness (QED) is 0.700. The highest BCUT2D eigenvalue weighted by Gasteiger charge is 2.78. The molecule has 0 aliphatic carbocycles. The zero-order valence-electron chi connectivity index (χ0n) is 15.5. The van der Waals surface area contributed by atoms with Gasteiger partial charge in [0.2, 0.25) is 17.4 Å². The Morgan fingerprint density at radius 3 is 2.62 bits per heavy atom. The number of amides is 3. The number of carbonyl (C=O) groups excluding carboxylic acids is 3. The minimum Gasteiger partial charge on any atom is -0.318 e. The van der Waals surface area contributed by atoms with Gasteiger partial charge in [-0.2, -0.15) is 0 Å². The standard InChI is InChI=1S/C22H18ClN3O3/c23-14-9-4-8-13-18(14)24-21(29)22(13)17-16(15-10-5-11-25(15)22)19(27)26(20(17)28)12-6-2-1-3-7-12/h1-4,6-9,15-17H,5,10-11H2,(H,24,29)/p+1/t15-,16+,17-,22+/m0/s1. The lowest BCUT2D eigenvalue weighted by Gasteiger charge is -2.33. The molecule has 0 bridgehead atoms. The molecule has 1 unspecified atom stereocenters. The van der Waals surface area contributed by atoms with Gasteiger partial charge in [-0.05, 0) is 24.3 Å². The minimum atomic E-state index is -1.09. The molecule has 2 aromatic rings. The maximum absolute atomic E-state index is 13.7. The fourth-order valence-electron chi connectivity index (χ4n) is 6.28. The van der Waals surface area contributed by atoms with Crippen LogP contribution in [0.5, 0.6) is 0 Å². The van der Waals surface area contributed by atoms with Gasteiger partial charge in [-0.15, -0.1) is 0 Å². The minimum absolute atomic E-state index is 0.0409. The van der Waals surface area contributed by atoms with Gasteiger partial charge >= 0.3 is 0 Å². The second kappa shape index (κ2) is 5.68. The van der Waals surface area contributed by atoms with Gasteiger partial charge in [-0.25, -0.2) is 4.90 Å². The van der Waals surface area contributed by atoms with Crippen molar-refractivity contribution in [1.82, 2.24) is 0 Å². The van der Waals surface area contributed by atoms with E-state index in [9.17, 15) is 14.4 Å². The third-order valence-electron chi connectivity index (χ3n) is 7.22. The first-order valence-corrected chi connectivity index (χ1v) is 10.3. The predicted octanol–water partition coefficient (Wildman–Crippen LogP) is 1.35. The van der Waals surface area contributed by atoms with Crippen LogP contribution in [0.3, 0.4) is 0 Å². The zero-order chi connectivity index (χ0) is 19.9. The summed E-state index contributed by atoms with van der Waals surface area (Å²) < 4.78 is 0. The van der Waals surface area contributed by atoms with E-state index >= 15 is 0 Å². The number of rotatable bonds is 1. The summed E-state index contributed by atoms with van der Waals surface area (Å²) >= 11 is 6.39. The van der Waals surface area contributed by atoms with Gasteiger partial charge in [0.25, 0.3) is 5.91 Å². The number of quaternary nitrogens is 1. The highest BCUT2D eigenvalue weighted by Crippen LogP contribution is 2.53. The molecule has 7 heteroatoms. The monoisotopic (exact) mass is 408 g/mol. The van der Waals surface area contributed by atoms with E-state index < -0.39 is 17.4 Å². The first-order chi connectivity index (χ1) is 14.1. The number of benzene rings is 2. The van der Waals surface area contributed by atoms with Crippen molar-refractivity contribution in [2.24, 2.45) is 11.8 Å². The van der Waals surface area contributed by atoms with Gasteiger partial charge in [-0.3, -0.25) is 14.4 Å². The highest BCUT2D eigenvalue weighted by molar-refractivity contribution is 6.35. The van der Waals surface area contributed by atoms with Gasteiger partial charge in [-0.1, -0.05) is 35.9 Å². The van der Waals surface area contributed by atoms with Crippen molar-refractivity contribution in [3.63, 3.8) is 0 Å². The summed E-state index contributed by atoms with van der Waals surface area (Å²) in [5, 5.41) is 3.40. The lowest BCUT2D eigenvalue weighted by Crippen LogP contribution is -3.19. The molecule has 3 amide bonds. The molecular formula is C22H19ClN3O3+. The van der Waals surface area contributed by atoms with Gasteiger partial charge in [0.15, 0.2) is 0 Å². The number of fused-ring (bicyclic) bond motifs is 7. The van der Waals surface area contributed by atoms with Crippen LogP contribution < -0.4 is 15.1 Å². The SMILES string of the molecule is O=C1[C@H]2[C@@H](C(=O)N1c1ccccc1)[C@]1(C(=O)Nc3c(Cl)cccc31)[NH+]1CCC[C@@H]21. The largest absolute Gasteiger partial charge is 0.318 e. The Morgan fingerprint density at radius 1 is 1.03 bits per heavy atom. The molecule has 1 spiro atoms. The lowest BCUT2D eigenvalue weighted by molar-refractivity contribution is -0.948. The molecule has 29 heavy (non-hydrogen) atoms. The molecule has 4 heterocycles. The maximum Gasteiger partial charge on any atom is 0.291 e. The summed E-state index contributed by atoms with van der Waals surface area (Å²) in [7, 11) is 0. The first-order valence-electron chi connectivity index (χ1n) is 9.96. The van der Waals surface area contributed by atoms with Crippen molar-refractivity contribution in [2.75, 3.05) is 16.8 Å². The topological polar surface area (TPSA) is 70.9 Å². The Balaban J connectivity index is 1.58. The van der Waals surface area contributed by atoms with Crippen molar-refractivity contribution in [1.29, 1.82) is 0 Å². The van der Waals surface area contributed by atoms with Gasteiger partial charge in [0, 0.05) is 18.4 Å². The number of hydrogen-bond donors (Lipinski definition) is 2. The van der Waals surface area contributed by atoms with Crippen molar-refractivity contribution in [2.45, 2.75) is 24.4 Å². The van der Waals surface area contributed by atoms with Gasteiger partial charge < -0.3 is 10.2 Å². The highest BCUT2D eigenvalue weighted by atomic mass is 35.5. The third kappa shape index (κ3) is 1.89. The van der Waals surface area contributed by atoms with E-state index in [0.717, 1.165) is 29.8 Å². The van der Waals surface area contributed by atoms with Crippen LogP contribution in [0.25, 0.3) is 0 Å². The van der Waals surface area contributed by atoms with Gasteiger partial charge in [0.05, 0.1) is 22.9 Å². The summed E-state index contributed by atoms with van der Waals surface area (Å²) in [4.78, 5) is 43.1. The molecule has 6 rings (SSSR count). The Hall–Kier alpha value is -2.70. The van der Waals surface area contributed by atoms with Gasteiger partial charge in [0.1, 0.15) is 17.9 Å². The van der Waals surface area contributed by atoms with E-state index in [-0.39, 0.29) is 23.8 Å². The van der Waals surface area contributed by atoms with Crippen molar-refractivity contribution < 1.29 is 19.3 Å². The van der Waals surface area contributed by atoms with E-state index in [0.29, 0.717) is 16.4 Å². The van der Waals surface area contributed by atoms with Crippen LogP contribution in [0.4, 0.5) is 11.4 Å². The summed E-state index contributed by atoms with van der Waals surface area (Å²) in [6.07, 6.45) is 1.77. The number of nitrogens with zero attached hydrogens (tertiary/aromatic N) is 1. The fraction of sp³-hybridized carbons (Fsp3) is 0.318. The molecule has 0 radical (unpaired) electrons. The summed E-state index contributed by atoms with van der Waals surface area (Å²) in [5.41, 5.74) is 0.802. The molecule has 0 aromatic heterocycles. The molecular weight excluding hydrogens is 390 g/mol. The second-order valence-electron chi connectivity index (χ2n) is 8.30. The fourth-order valence-corrected chi connectivity index (χ4v) is 6.50. The average molecular weight is 409 g/mol. The van der Waals surface area contributed by atoms with Crippen LogP contribution in [-0.4, -0.2) is 30.3 Å². The number of anilines is 2. The molecule has 3 saturated heterocycles. The molecule has 0 saturated carbocycles. The predicted molar refractivity (Wildman–Crippen MR) is 107 cm³/mol. The van der Waals surface area contributed by atoms with E-state index in [1.165, 1.54) is 4.90 Å². The summed E-state index contributed by atoms with van der Waals surface area (Å²) in [6.45, 7) is 0.767. The Labute approximate surface area is 172 Å². The van der Waals surface area contributed by atoms with Crippen molar-refractivity contribution in [3.05, 3.63) is 59.1 Å². The van der Waals surface area contributed by atoms with Crippen LogP contribution >= 0.6 is 11.6 Å². The van der Waals surface area contributed by atoms with E-state index in [1.807, 2.05) is 30.3 Å². The Bertz CT molecular complexity index is 1090. The Kier molecular flexibility index (Phi) is 3.36. The normalized spacial score (nSPS) is 34.5. The molecule has 3 fully saturated rings. The number of carbonyl (C=O) groups is 3. The van der Waals surface area contributed by atoms with Crippen LogP contribution in [0.1, 0.15) is 18.4 Å². The molecule has 2 aromatic carbocycles. The number of para-hydroxylation sites is 2. The molecule has 4 aliphatic rings. The molecule has 6 nitrogen and oxygen atoms in total. The molecule has 146 valence electrons. The first kappa shape index (κ1) is 17.2. The number of hydrogen-bond acceptors (Lipinski definition) is 3. The lowest BCUT2D eigenvalue weighted by atomic mass is 9.75. The number of imide groups is 1. The molecule has 2 N–H and O–H groups in total. The zero-order valence-corrected chi connectivity index (χ0v) is 16.3. The summed E-state index contributed by atoms with van der Waals surface area (Å²) in [6, 6.07) is 14.4. The third-order valence-corrected chi connectivity index (χ3v) is 7.53. The van der Waals surface area contributed by atoms with Crippen molar-refractivity contribution >= 4 is 40.7 Å². The van der Waals surface area contributed by atoms with Crippen LogP contribution in [0.2, 0.25) is 5.02 Å². The van der Waals surface area contributed by atoms with E-state index in [4.69, 9.17) is 11.6 Å². The summed E-state index contributed by atoms with van der Waals surface area (Å²) in [5.74, 6) is -1.89. The van der Waals surface area contributed by atoms with E-state index in [2.05, 4.69) is 5.32 Å². The Morgan fingerprint density at radius 2 is 1.83 bits per heavy atom. The van der Waals surface area contributed by atoms with E-state index in [1.54, 1.807) is 18.2 Å².